The topological polar surface area (TPSA) is 105 Å². The average Bonchev–Trinajstić information content (AvgIpc) is 2.78. The number of rotatable bonds is 18. The zero-order valence-electron chi connectivity index (χ0n) is 20.7. The molecule has 2 atom stereocenters. The lowest BCUT2D eigenvalue weighted by atomic mass is 10.3. The second kappa shape index (κ2) is 18.2. The first-order chi connectivity index (χ1) is 16.3. The first kappa shape index (κ1) is 32.9. The van der Waals surface area contributed by atoms with E-state index >= 15 is 0 Å². The normalized spacial score (nSPS) is 12.0. The van der Waals surface area contributed by atoms with Crippen LogP contribution in [0.2, 0.25) is 0 Å². The molecular formula is C24H34O8S3. The van der Waals surface area contributed by atoms with Crippen LogP contribution >= 0.6 is 35.8 Å². The standard InChI is InChI=1S/C24H34O8S3/c1-15(2)21(25)29-11-9-19(34-31-23(27)17(5)6)13-33-14-20(35-32-24(28)18(7)8)10-12-30-22(26)16(3)4/h19-20H,1,3,5,7,9-14H2,2,4,6,8H3. The van der Waals surface area contributed by atoms with E-state index in [-0.39, 0.29) is 34.9 Å². The predicted octanol–water partition coefficient (Wildman–Crippen LogP) is 5.01. The van der Waals surface area contributed by atoms with Gasteiger partial charge < -0.3 is 17.8 Å². The van der Waals surface area contributed by atoms with Crippen molar-refractivity contribution in [3.63, 3.8) is 0 Å². The van der Waals surface area contributed by atoms with Crippen molar-refractivity contribution in [3.8, 4) is 0 Å². The summed E-state index contributed by atoms with van der Waals surface area (Å²) < 4.78 is 20.7. The molecule has 0 bridgehead atoms. The van der Waals surface area contributed by atoms with Crippen molar-refractivity contribution in [2.45, 2.75) is 51.0 Å². The summed E-state index contributed by atoms with van der Waals surface area (Å²) in [6.45, 7) is 20.7. The third-order valence-electron chi connectivity index (χ3n) is 3.87. The third-order valence-corrected chi connectivity index (χ3v) is 7.41. The van der Waals surface area contributed by atoms with Crippen molar-refractivity contribution in [3.05, 3.63) is 48.6 Å². The lowest BCUT2D eigenvalue weighted by Crippen LogP contribution is -2.18. The monoisotopic (exact) mass is 546 g/mol. The number of hydrogen-bond donors (Lipinski definition) is 0. The first-order valence-electron chi connectivity index (χ1n) is 10.6. The second-order valence-corrected chi connectivity index (χ2v) is 10.8. The van der Waals surface area contributed by atoms with Crippen molar-refractivity contribution in [1.29, 1.82) is 0 Å². The van der Waals surface area contributed by atoms with Crippen molar-refractivity contribution in [1.82, 2.24) is 0 Å². The van der Waals surface area contributed by atoms with Crippen molar-refractivity contribution >= 4 is 59.7 Å². The minimum Gasteiger partial charge on any atom is -0.462 e. The molecule has 0 aliphatic carbocycles. The minimum absolute atomic E-state index is 0.139. The van der Waals surface area contributed by atoms with Gasteiger partial charge in [0.25, 0.3) is 0 Å². The van der Waals surface area contributed by atoms with E-state index < -0.39 is 23.9 Å². The van der Waals surface area contributed by atoms with E-state index in [0.717, 1.165) is 24.1 Å². The van der Waals surface area contributed by atoms with Crippen LogP contribution in [0.5, 0.6) is 0 Å². The molecule has 0 aliphatic rings. The molecular weight excluding hydrogens is 512 g/mol. The number of ether oxygens (including phenoxy) is 2. The maximum atomic E-state index is 11.8. The maximum absolute atomic E-state index is 11.8. The van der Waals surface area contributed by atoms with Crippen LogP contribution in [0, 0.1) is 0 Å². The predicted molar refractivity (Wildman–Crippen MR) is 143 cm³/mol. The molecule has 11 heteroatoms. The Labute approximate surface area is 220 Å². The van der Waals surface area contributed by atoms with Crippen LogP contribution in [-0.4, -0.2) is 59.1 Å². The Morgan fingerprint density at radius 1 is 0.600 bits per heavy atom. The molecule has 0 radical (unpaired) electrons. The summed E-state index contributed by atoms with van der Waals surface area (Å²) in [4.78, 5) is 46.8. The molecule has 0 rings (SSSR count). The first-order valence-corrected chi connectivity index (χ1v) is 13.4. The van der Waals surface area contributed by atoms with Crippen LogP contribution in [0.4, 0.5) is 0 Å². The molecule has 0 aromatic rings. The molecule has 0 saturated heterocycles. The molecule has 0 heterocycles. The van der Waals surface area contributed by atoms with E-state index in [9.17, 15) is 19.2 Å². The van der Waals surface area contributed by atoms with Gasteiger partial charge in [-0.3, -0.25) is 0 Å². The quantitative estimate of drug-likeness (QED) is 0.132. The fourth-order valence-electron chi connectivity index (χ4n) is 1.83. The highest BCUT2D eigenvalue weighted by Gasteiger charge is 2.20. The lowest BCUT2D eigenvalue weighted by Gasteiger charge is -2.18. The Bertz CT molecular complexity index is 756. The summed E-state index contributed by atoms with van der Waals surface area (Å²) in [5.74, 6) is -0.918. The molecule has 0 N–H and O–H groups in total. The molecule has 0 aliphatic heterocycles. The number of thioether (sulfide) groups is 1. The van der Waals surface area contributed by atoms with Crippen LogP contribution < -0.4 is 0 Å². The van der Waals surface area contributed by atoms with Gasteiger partial charge in [-0.05, 0) is 40.5 Å². The van der Waals surface area contributed by atoms with E-state index in [2.05, 4.69) is 26.3 Å². The number of carbonyl (C=O) groups excluding carboxylic acids is 4. The second-order valence-electron chi connectivity index (χ2n) is 7.69. The fourth-order valence-corrected chi connectivity index (χ4v) is 4.96. The van der Waals surface area contributed by atoms with Crippen molar-refractivity contribution in [2.75, 3.05) is 24.7 Å². The Morgan fingerprint density at radius 3 is 1.20 bits per heavy atom. The minimum atomic E-state index is -0.525. The Balaban J connectivity index is 4.94. The van der Waals surface area contributed by atoms with Gasteiger partial charge >= 0.3 is 23.9 Å². The Hall–Kier alpha value is -2.11. The van der Waals surface area contributed by atoms with Gasteiger partial charge in [-0.1, -0.05) is 26.3 Å². The van der Waals surface area contributed by atoms with Crippen LogP contribution in [0.15, 0.2) is 48.6 Å². The van der Waals surface area contributed by atoms with Crippen molar-refractivity contribution in [2.24, 2.45) is 0 Å². The van der Waals surface area contributed by atoms with E-state index in [1.807, 2.05) is 0 Å². The van der Waals surface area contributed by atoms with Crippen LogP contribution in [0.1, 0.15) is 40.5 Å². The number of carbonyl (C=O) groups is 4. The van der Waals surface area contributed by atoms with E-state index in [1.54, 1.807) is 27.7 Å². The summed E-state index contributed by atoms with van der Waals surface area (Å²) in [6, 6.07) is 0. The zero-order valence-corrected chi connectivity index (χ0v) is 23.2. The molecule has 0 saturated carbocycles. The summed E-state index contributed by atoms with van der Waals surface area (Å²) in [5.41, 5.74) is 1.15. The van der Waals surface area contributed by atoms with Gasteiger partial charge in [-0.15, -0.1) is 0 Å². The van der Waals surface area contributed by atoms with Gasteiger partial charge in [0.1, 0.15) is 0 Å². The van der Waals surface area contributed by atoms with E-state index in [4.69, 9.17) is 17.8 Å². The molecule has 0 aromatic carbocycles. The van der Waals surface area contributed by atoms with Gasteiger partial charge in [-0.25, -0.2) is 19.2 Å². The summed E-state index contributed by atoms with van der Waals surface area (Å²) in [5, 5.41) is -0.350. The molecule has 0 amide bonds. The van der Waals surface area contributed by atoms with E-state index in [0.29, 0.717) is 35.5 Å². The average molecular weight is 547 g/mol. The lowest BCUT2D eigenvalue weighted by molar-refractivity contribution is -0.139. The number of hydrogen-bond acceptors (Lipinski definition) is 11. The summed E-state index contributed by atoms with van der Waals surface area (Å²) in [6.07, 6.45) is 0.887. The van der Waals surface area contributed by atoms with Gasteiger partial charge in [0.15, 0.2) is 0 Å². The molecule has 35 heavy (non-hydrogen) atoms. The third kappa shape index (κ3) is 16.2. The fraction of sp³-hybridized carbons (Fsp3) is 0.500. The SMILES string of the molecule is C=C(C)C(=O)OCCC(CSCC(CCOC(=O)C(=C)C)SOC(=O)C(=C)C)SOC(=O)C(=C)C. The van der Waals surface area contributed by atoms with Crippen LogP contribution in [0.3, 0.4) is 0 Å². The van der Waals surface area contributed by atoms with Crippen molar-refractivity contribution < 1.29 is 37.0 Å². The van der Waals surface area contributed by atoms with Gasteiger partial charge in [0.2, 0.25) is 0 Å². The molecule has 196 valence electrons. The maximum Gasteiger partial charge on any atom is 0.345 e. The molecule has 2 unspecified atom stereocenters. The largest absolute Gasteiger partial charge is 0.462 e. The van der Waals surface area contributed by atoms with Gasteiger partial charge in [-0.2, -0.15) is 11.8 Å². The smallest absolute Gasteiger partial charge is 0.345 e. The van der Waals surface area contributed by atoms with E-state index in [1.165, 1.54) is 11.8 Å². The zero-order chi connectivity index (χ0) is 27.0. The molecule has 8 nitrogen and oxygen atoms in total. The van der Waals surface area contributed by atoms with Gasteiger partial charge in [0, 0.05) is 33.8 Å². The van der Waals surface area contributed by atoms with Crippen LogP contribution in [0.25, 0.3) is 0 Å². The summed E-state index contributed by atoms with van der Waals surface area (Å²) in [7, 11) is 0. The van der Waals surface area contributed by atoms with Gasteiger partial charge in [0.05, 0.1) is 47.8 Å². The number of esters is 2. The Kier molecular flexibility index (Phi) is 17.1. The molecule has 0 fully saturated rings. The summed E-state index contributed by atoms with van der Waals surface area (Å²) >= 11 is 3.51. The highest BCUT2D eigenvalue weighted by molar-refractivity contribution is 8.03. The highest BCUT2D eigenvalue weighted by Crippen LogP contribution is 2.27. The highest BCUT2D eigenvalue weighted by atomic mass is 32.2. The molecule has 0 aromatic heterocycles. The Morgan fingerprint density at radius 2 is 0.914 bits per heavy atom. The molecule has 0 spiro atoms. The van der Waals surface area contributed by atoms with Crippen LogP contribution in [-0.2, 0) is 37.0 Å².